The van der Waals surface area contributed by atoms with Gasteiger partial charge in [-0.1, -0.05) is 66.7 Å². The van der Waals surface area contributed by atoms with Gasteiger partial charge in [0, 0.05) is 11.3 Å². The molecule has 0 saturated carbocycles. The lowest BCUT2D eigenvalue weighted by molar-refractivity contribution is -0.137. The molecule has 2 amide bonds. The Hall–Kier alpha value is -3.86. The topological polar surface area (TPSA) is 58.6 Å². The predicted octanol–water partition coefficient (Wildman–Crippen LogP) is 4.40. The number of ether oxygens (including phenoxy) is 1. The van der Waals surface area contributed by atoms with E-state index in [0.717, 1.165) is 16.8 Å². The summed E-state index contributed by atoms with van der Waals surface area (Å²) in [5, 5.41) is 3.22. The standard InChI is InChI=1S/C25H22N2O3/c1-17-10-6-8-14-20(17)26-23-22(18-11-4-3-5-12-18)24(28)27(25(23)29)16-19-13-7-9-15-21(19)30-2/h3-15,26H,16H2,1-2H3. The first kappa shape index (κ1) is 19.5. The number of aryl methyl sites for hydroxylation is 1. The number of nitrogens with one attached hydrogen (secondary N) is 1. The first-order chi connectivity index (χ1) is 14.6. The summed E-state index contributed by atoms with van der Waals surface area (Å²) in [4.78, 5) is 28.0. The Bertz CT molecular complexity index is 1140. The van der Waals surface area contributed by atoms with Gasteiger partial charge in [0.15, 0.2) is 0 Å². The first-order valence-electron chi connectivity index (χ1n) is 9.70. The number of benzene rings is 3. The quantitative estimate of drug-likeness (QED) is 0.626. The summed E-state index contributed by atoms with van der Waals surface area (Å²) >= 11 is 0. The molecule has 0 fully saturated rings. The molecule has 0 bridgehead atoms. The molecule has 0 spiro atoms. The fraction of sp³-hybridized carbons (Fsp3) is 0.120. The van der Waals surface area contributed by atoms with Crippen LogP contribution in [0.4, 0.5) is 5.69 Å². The Morgan fingerprint density at radius 3 is 2.23 bits per heavy atom. The number of rotatable bonds is 6. The third kappa shape index (κ3) is 3.57. The Morgan fingerprint density at radius 1 is 0.833 bits per heavy atom. The van der Waals surface area contributed by atoms with Gasteiger partial charge in [0.05, 0.1) is 19.2 Å². The first-order valence-corrected chi connectivity index (χ1v) is 9.70. The van der Waals surface area contributed by atoms with Crippen molar-refractivity contribution in [1.29, 1.82) is 0 Å². The van der Waals surface area contributed by atoms with E-state index in [-0.39, 0.29) is 24.1 Å². The van der Waals surface area contributed by atoms with E-state index in [1.807, 2.05) is 85.8 Å². The van der Waals surface area contributed by atoms with Crippen LogP contribution in [0.2, 0.25) is 0 Å². The van der Waals surface area contributed by atoms with Crippen molar-refractivity contribution in [2.45, 2.75) is 13.5 Å². The van der Waals surface area contributed by atoms with Crippen LogP contribution < -0.4 is 10.1 Å². The summed E-state index contributed by atoms with van der Waals surface area (Å²) in [7, 11) is 1.57. The number of carbonyl (C=O) groups excluding carboxylic acids is 2. The highest BCUT2D eigenvalue weighted by atomic mass is 16.5. The van der Waals surface area contributed by atoms with Gasteiger partial charge in [0.1, 0.15) is 11.4 Å². The molecule has 0 atom stereocenters. The second kappa shape index (κ2) is 8.25. The van der Waals surface area contributed by atoms with Crippen molar-refractivity contribution in [1.82, 2.24) is 4.90 Å². The maximum absolute atomic E-state index is 13.4. The SMILES string of the molecule is COc1ccccc1CN1C(=O)C(Nc2ccccc2C)=C(c2ccccc2)C1=O. The number of carbonyl (C=O) groups is 2. The molecule has 0 saturated heterocycles. The zero-order valence-corrected chi connectivity index (χ0v) is 16.9. The minimum absolute atomic E-state index is 0.136. The summed E-state index contributed by atoms with van der Waals surface area (Å²) in [5.41, 5.74) is 3.91. The third-order valence-electron chi connectivity index (χ3n) is 5.16. The number of para-hydroxylation sites is 2. The molecule has 3 aromatic rings. The van der Waals surface area contributed by atoms with Crippen molar-refractivity contribution in [3.63, 3.8) is 0 Å². The van der Waals surface area contributed by atoms with E-state index < -0.39 is 0 Å². The molecule has 1 N–H and O–H groups in total. The second-order valence-corrected chi connectivity index (χ2v) is 7.06. The largest absolute Gasteiger partial charge is 0.496 e. The van der Waals surface area contributed by atoms with Crippen molar-refractivity contribution >= 4 is 23.1 Å². The fourth-order valence-corrected chi connectivity index (χ4v) is 3.56. The summed E-state index contributed by atoms with van der Waals surface area (Å²) in [6, 6.07) is 24.3. The van der Waals surface area contributed by atoms with Crippen LogP contribution in [-0.4, -0.2) is 23.8 Å². The van der Waals surface area contributed by atoms with Gasteiger partial charge in [0.2, 0.25) is 0 Å². The molecule has 30 heavy (non-hydrogen) atoms. The number of amides is 2. The number of imide groups is 1. The molecule has 0 aliphatic carbocycles. The van der Waals surface area contributed by atoms with E-state index in [4.69, 9.17) is 4.74 Å². The fourth-order valence-electron chi connectivity index (χ4n) is 3.56. The number of methoxy groups -OCH3 is 1. The van der Waals surface area contributed by atoms with Gasteiger partial charge >= 0.3 is 0 Å². The van der Waals surface area contributed by atoms with Crippen molar-refractivity contribution in [3.05, 3.63) is 101 Å². The number of nitrogens with zero attached hydrogens (tertiary/aromatic N) is 1. The maximum Gasteiger partial charge on any atom is 0.278 e. The van der Waals surface area contributed by atoms with Crippen LogP contribution in [0, 0.1) is 6.92 Å². The van der Waals surface area contributed by atoms with Crippen LogP contribution in [0.25, 0.3) is 5.57 Å². The summed E-state index contributed by atoms with van der Waals surface area (Å²) in [6.07, 6.45) is 0. The van der Waals surface area contributed by atoms with E-state index in [1.54, 1.807) is 7.11 Å². The van der Waals surface area contributed by atoms with Crippen LogP contribution in [0.5, 0.6) is 5.75 Å². The lowest BCUT2D eigenvalue weighted by Gasteiger charge is -2.17. The van der Waals surface area contributed by atoms with Gasteiger partial charge in [-0.2, -0.15) is 0 Å². The molecule has 5 nitrogen and oxygen atoms in total. The van der Waals surface area contributed by atoms with Crippen molar-refractivity contribution < 1.29 is 14.3 Å². The van der Waals surface area contributed by atoms with Crippen molar-refractivity contribution in [3.8, 4) is 5.75 Å². The van der Waals surface area contributed by atoms with E-state index in [1.165, 1.54) is 4.90 Å². The average Bonchev–Trinajstić information content (AvgIpc) is 3.00. The number of hydrogen-bond acceptors (Lipinski definition) is 4. The Labute approximate surface area is 175 Å². The zero-order chi connectivity index (χ0) is 21.1. The number of hydrogen-bond donors (Lipinski definition) is 1. The lowest BCUT2D eigenvalue weighted by Crippen LogP contribution is -2.32. The van der Waals surface area contributed by atoms with Gasteiger partial charge in [-0.15, -0.1) is 0 Å². The van der Waals surface area contributed by atoms with E-state index in [0.29, 0.717) is 16.9 Å². The van der Waals surface area contributed by atoms with Gasteiger partial charge in [-0.3, -0.25) is 14.5 Å². The molecule has 5 heteroatoms. The minimum atomic E-state index is -0.354. The molecular weight excluding hydrogens is 376 g/mol. The van der Waals surface area contributed by atoms with Crippen molar-refractivity contribution in [2.24, 2.45) is 0 Å². The molecule has 0 aromatic heterocycles. The van der Waals surface area contributed by atoms with Gasteiger partial charge in [-0.25, -0.2) is 0 Å². The Morgan fingerprint density at radius 2 is 1.50 bits per heavy atom. The van der Waals surface area contributed by atoms with Crippen LogP contribution in [0.3, 0.4) is 0 Å². The smallest absolute Gasteiger partial charge is 0.278 e. The number of anilines is 1. The molecule has 1 aliphatic heterocycles. The molecule has 0 radical (unpaired) electrons. The molecule has 4 rings (SSSR count). The molecule has 1 heterocycles. The van der Waals surface area contributed by atoms with Gasteiger partial charge in [-0.05, 0) is 30.2 Å². The second-order valence-electron chi connectivity index (χ2n) is 7.06. The third-order valence-corrected chi connectivity index (χ3v) is 5.16. The van der Waals surface area contributed by atoms with Crippen LogP contribution in [0.15, 0.2) is 84.6 Å². The minimum Gasteiger partial charge on any atom is -0.496 e. The van der Waals surface area contributed by atoms with Crippen LogP contribution >= 0.6 is 0 Å². The van der Waals surface area contributed by atoms with E-state index in [2.05, 4.69) is 5.32 Å². The van der Waals surface area contributed by atoms with Crippen LogP contribution in [-0.2, 0) is 16.1 Å². The normalized spacial score (nSPS) is 13.7. The van der Waals surface area contributed by atoms with Gasteiger partial charge in [0.25, 0.3) is 11.8 Å². The summed E-state index contributed by atoms with van der Waals surface area (Å²) in [6.45, 7) is 2.09. The maximum atomic E-state index is 13.4. The Balaban J connectivity index is 1.75. The molecule has 1 aliphatic rings. The summed E-state index contributed by atoms with van der Waals surface area (Å²) < 4.78 is 5.40. The van der Waals surface area contributed by atoms with E-state index in [9.17, 15) is 9.59 Å². The van der Waals surface area contributed by atoms with Crippen molar-refractivity contribution in [2.75, 3.05) is 12.4 Å². The highest BCUT2D eigenvalue weighted by Crippen LogP contribution is 2.33. The zero-order valence-electron chi connectivity index (χ0n) is 16.9. The van der Waals surface area contributed by atoms with Crippen LogP contribution in [0.1, 0.15) is 16.7 Å². The van der Waals surface area contributed by atoms with Gasteiger partial charge < -0.3 is 10.1 Å². The molecule has 0 unspecified atom stereocenters. The summed E-state index contributed by atoms with van der Waals surface area (Å²) in [5.74, 6) is -0.0409. The molecular formula is C25H22N2O3. The highest BCUT2D eigenvalue weighted by Gasteiger charge is 2.39. The monoisotopic (exact) mass is 398 g/mol. The van der Waals surface area contributed by atoms with E-state index >= 15 is 0 Å². The Kier molecular flexibility index (Phi) is 5.35. The average molecular weight is 398 g/mol. The molecule has 3 aromatic carbocycles. The lowest BCUT2D eigenvalue weighted by atomic mass is 10.0. The molecule has 150 valence electrons. The highest BCUT2D eigenvalue weighted by molar-refractivity contribution is 6.36. The predicted molar refractivity (Wildman–Crippen MR) is 117 cm³/mol.